The lowest BCUT2D eigenvalue weighted by Gasteiger charge is -2.26. The molecule has 6 nitrogen and oxygen atoms in total. The number of benzene rings is 2. The number of carbonyl (C=O) groups excluding carboxylic acids is 2. The fourth-order valence-corrected chi connectivity index (χ4v) is 2.91. The fraction of sp³-hybridized carbons (Fsp3) is 0.263. The predicted octanol–water partition coefficient (Wildman–Crippen LogP) is 2.37. The normalized spacial score (nSPS) is 15.8. The average molecular weight is 339 g/mol. The van der Waals surface area contributed by atoms with E-state index < -0.39 is 6.09 Å². The molecule has 0 saturated heterocycles. The molecule has 1 atom stereocenters. The molecule has 2 aromatic carbocycles. The zero-order valence-corrected chi connectivity index (χ0v) is 14.0. The van der Waals surface area contributed by atoms with E-state index in [2.05, 4.69) is 26.8 Å². The highest BCUT2D eigenvalue weighted by molar-refractivity contribution is 5.96. The molecule has 3 rings (SSSR count). The molecule has 0 saturated carbocycles. The smallest absolute Gasteiger partial charge is 0.407 e. The van der Waals surface area contributed by atoms with Crippen LogP contribution in [0.3, 0.4) is 0 Å². The van der Waals surface area contributed by atoms with E-state index in [0.717, 1.165) is 29.8 Å². The summed E-state index contributed by atoms with van der Waals surface area (Å²) in [6.45, 7) is 1.16. The standard InChI is InChI=1S/C19H21N3O3/c1-25-19(24)21-12-13-6-8-15(9-7-13)22-18(23)17-16-5-3-2-4-14(16)10-11-20-17/h2-9,17,20H,10-12H2,1H3,(H,21,24)(H,22,23)/t17-/m0/s1. The highest BCUT2D eigenvalue weighted by Crippen LogP contribution is 2.24. The van der Waals surface area contributed by atoms with E-state index in [1.165, 1.54) is 12.7 Å². The van der Waals surface area contributed by atoms with Gasteiger partial charge < -0.3 is 20.7 Å². The second-order valence-electron chi connectivity index (χ2n) is 5.87. The summed E-state index contributed by atoms with van der Waals surface area (Å²) in [6, 6.07) is 15.0. The van der Waals surface area contributed by atoms with Crippen molar-refractivity contribution in [3.8, 4) is 0 Å². The third-order valence-electron chi connectivity index (χ3n) is 4.21. The van der Waals surface area contributed by atoms with Crippen LogP contribution in [0.4, 0.5) is 10.5 Å². The number of hydrogen-bond acceptors (Lipinski definition) is 4. The average Bonchev–Trinajstić information content (AvgIpc) is 2.66. The molecule has 0 spiro atoms. The van der Waals surface area contributed by atoms with E-state index in [9.17, 15) is 9.59 Å². The minimum atomic E-state index is -0.473. The molecule has 6 heteroatoms. The molecule has 1 aliphatic heterocycles. The molecule has 0 radical (unpaired) electrons. The van der Waals surface area contributed by atoms with Gasteiger partial charge in [-0.15, -0.1) is 0 Å². The van der Waals surface area contributed by atoms with Crippen LogP contribution in [-0.4, -0.2) is 25.7 Å². The number of carbonyl (C=O) groups is 2. The van der Waals surface area contributed by atoms with Crippen molar-refractivity contribution in [2.75, 3.05) is 19.0 Å². The summed E-state index contributed by atoms with van der Waals surface area (Å²) in [4.78, 5) is 23.7. The number of hydrogen-bond donors (Lipinski definition) is 3. The van der Waals surface area contributed by atoms with Crippen LogP contribution in [0.15, 0.2) is 48.5 Å². The zero-order chi connectivity index (χ0) is 17.6. The molecular formula is C19H21N3O3. The molecule has 1 heterocycles. The van der Waals surface area contributed by atoms with Gasteiger partial charge in [-0.05, 0) is 35.2 Å². The van der Waals surface area contributed by atoms with Gasteiger partial charge in [-0.25, -0.2) is 4.79 Å². The highest BCUT2D eigenvalue weighted by atomic mass is 16.5. The van der Waals surface area contributed by atoms with Crippen molar-refractivity contribution in [2.24, 2.45) is 0 Å². The Balaban J connectivity index is 1.63. The summed E-state index contributed by atoms with van der Waals surface area (Å²) >= 11 is 0. The molecule has 130 valence electrons. The van der Waals surface area contributed by atoms with E-state index in [4.69, 9.17) is 0 Å². The topological polar surface area (TPSA) is 79.5 Å². The van der Waals surface area contributed by atoms with Gasteiger partial charge >= 0.3 is 6.09 Å². The fourth-order valence-electron chi connectivity index (χ4n) is 2.91. The summed E-state index contributed by atoms with van der Waals surface area (Å²) in [7, 11) is 1.32. The number of rotatable bonds is 4. The van der Waals surface area contributed by atoms with Gasteiger partial charge in [-0.3, -0.25) is 4.79 Å². The van der Waals surface area contributed by atoms with Gasteiger partial charge in [0.05, 0.1) is 7.11 Å². The van der Waals surface area contributed by atoms with E-state index in [0.29, 0.717) is 6.54 Å². The van der Waals surface area contributed by atoms with Crippen LogP contribution in [0, 0.1) is 0 Å². The number of methoxy groups -OCH3 is 1. The Morgan fingerprint density at radius 3 is 2.68 bits per heavy atom. The van der Waals surface area contributed by atoms with Crippen LogP contribution in [0.1, 0.15) is 22.7 Å². The first-order chi connectivity index (χ1) is 12.2. The maximum absolute atomic E-state index is 12.6. The van der Waals surface area contributed by atoms with Crippen LogP contribution in [-0.2, 0) is 22.5 Å². The van der Waals surface area contributed by atoms with Crippen molar-refractivity contribution in [3.63, 3.8) is 0 Å². The Kier molecular flexibility index (Phi) is 5.30. The summed E-state index contributed by atoms with van der Waals surface area (Å²) in [5.74, 6) is -0.0763. The maximum atomic E-state index is 12.6. The first kappa shape index (κ1) is 17.0. The van der Waals surface area contributed by atoms with E-state index in [1.807, 2.05) is 42.5 Å². The van der Waals surface area contributed by atoms with E-state index in [-0.39, 0.29) is 11.9 Å². The molecule has 0 bridgehead atoms. The van der Waals surface area contributed by atoms with Crippen molar-refractivity contribution in [3.05, 3.63) is 65.2 Å². The lowest BCUT2D eigenvalue weighted by molar-refractivity contribution is -0.118. The van der Waals surface area contributed by atoms with Crippen LogP contribution >= 0.6 is 0 Å². The molecule has 1 aliphatic rings. The second kappa shape index (κ2) is 7.81. The molecule has 0 unspecified atom stereocenters. The lowest BCUT2D eigenvalue weighted by Crippen LogP contribution is -2.38. The quantitative estimate of drug-likeness (QED) is 0.799. The molecular weight excluding hydrogens is 318 g/mol. The number of nitrogens with one attached hydrogen (secondary N) is 3. The van der Waals surface area contributed by atoms with E-state index in [1.54, 1.807) is 0 Å². The largest absolute Gasteiger partial charge is 0.453 e. The molecule has 25 heavy (non-hydrogen) atoms. The minimum Gasteiger partial charge on any atom is -0.453 e. The van der Waals surface area contributed by atoms with Crippen molar-refractivity contribution in [1.82, 2.24) is 10.6 Å². The molecule has 0 aliphatic carbocycles. The van der Waals surface area contributed by atoms with Crippen LogP contribution in [0.5, 0.6) is 0 Å². The van der Waals surface area contributed by atoms with Gasteiger partial charge in [0, 0.05) is 18.8 Å². The molecule has 2 amide bonds. The van der Waals surface area contributed by atoms with Crippen molar-refractivity contribution >= 4 is 17.7 Å². The Labute approximate surface area is 146 Å². The third kappa shape index (κ3) is 4.16. The van der Waals surface area contributed by atoms with Gasteiger partial charge in [-0.2, -0.15) is 0 Å². The highest BCUT2D eigenvalue weighted by Gasteiger charge is 2.25. The van der Waals surface area contributed by atoms with Gasteiger partial charge in [0.25, 0.3) is 0 Å². The summed E-state index contributed by atoms with van der Waals surface area (Å²) in [5, 5.41) is 8.83. The van der Waals surface area contributed by atoms with Crippen LogP contribution in [0.25, 0.3) is 0 Å². The van der Waals surface area contributed by atoms with Gasteiger partial charge in [0.15, 0.2) is 0 Å². The van der Waals surface area contributed by atoms with Crippen LogP contribution in [0.2, 0.25) is 0 Å². The minimum absolute atomic E-state index is 0.0763. The number of alkyl carbamates (subject to hydrolysis) is 1. The van der Waals surface area contributed by atoms with Gasteiger partial charge in [0.1, 0.15) is 6.04 Å². The summed E-state index contributed by atoms with van der Waals surface area (Å²) < 4.78 is 4.53. The number of amides is 2. The first-order valence-electron chi connectivity index (χ1n) is 8.20. The number of anilines is 1. The predicted molar refractivity (Wildman–Crippen MR) is 95.2 cm³/mol. The molecule has 3 N–H and O–H groups in total. The van der Waals surface area contributed by atoms with Crippen LogP contribution < -0.4 is 16.0 Å². The zero-order valence-electron chi connectivity index (χ0n) is 14.0. The van der Waals surface area contributed by atoms with Crippen molar-refractivity contribution in [2.45, 2.75) is 19.0 Å². The first-order valence-corrected chi connectivity index (χ1v) is 8.20. The second-order valence-corrected chi connectivity index (χ2v) is 5.87. The monoisotopic (exact) mass is 339 g/mol. The lowest BCUT2D eigenvalue weighted by atomic mass is 9.94. The van der Waals surface area contributed by atoms with Gasteiger partial charge in [-0.1, -0.05) is 36.4 Å². The number of fused-ring (bicyclic) bond motifs is 1. The summed E-state index contributed by atoms with van der Waals surface area (Å²) in [6.07, 6.45) is 0.460. The van der Waals surface area contributed by atoms with Crippen molar-refractivity contribution < 1.29 is 14.3 Å². The SMILES string of the molecule is COC(=O)NCc1ccc(NC(=O)[C@H]2NCCc3ccccc32)cc1. The Bertz CT molecular complexity index is 759. The Morgan fingerprint density at radius 1 is 1.16 bits per heavy atom. The maximum Gasteiger partial charge on any atom is 0.407 e. The van der Waals surface area contributed by atoms with E-state index >= 15 is 0 Å². The Morgan fingerprint density at radius 2 is 1.92 bits per heavy atom. The Hall–Kier alpha value is -2.86. The van der Waals surface area contributed by atoms with Gasteiger partial charge in [0.2, 0.25) is 5.91 Å². The summed E-state index contributed by atoms with van der Waals surface area (Å²) in [5.41, 5.74) is 3.89. The van der Waals surface area contributed by atoms with Crippen molar-refractivity contribution in [1.29, 1.82) is 0 Å². The number of ether oxygens (including phenoxy) is 1. The third-order valence-corrected chi connectivity index (χ3v) is 4.21. The molecule has 0 aromatic heterocycles. The molecule has 2 aromatic rings. The molecule has 0 fully saturated rings.